The minimum absolute atomic E-state index is 0.0123. The lowest BCUT2D eigenvalue weighted by molar-refractivity contribution is 1.11. The summed E-state index contributed by atoms with van der Waals surface area (Å²) in [4.78, 5) is 24.8. The molecule has 2 rings (SSSR count). The van der Waals surface area contributed by atoms with Crippen molar-refractivity contribution >= 4 is 17.1 Å². The molecular weight excluding hydrogens is 184 g/mol. The zero-order chi connectivity index (χ0) is 10.1. The molecule has 0 fully saturated rings. The summed E-state index contributed by atoms with van der Waals surface area (Å²) < 4.78 is 0. The number of hydrogen-bond acceptors (Lipinski definition) is 6. The molecule has 0 bridgehead atoms. The molecule has 68 valence electrons. The Hall–Kier alpha value is -2.49. The van der Waals surface area contributed by atoms with Crippen LogP contribution in [0.25, 0.3) is 11.2 Å². The van der Waals surface area contributed by atoms with Crippen molar-refractivity contribution in [2.45, 2.75) is 0 Å². The number of nitrogens with one attached hydrogen (secondary N) is 1. The summed E-state index contributed by atoms with van der Waals surface area (Å²) in [5.41, 5.74) is 5.00. The van der Waals surface area contributed by atoms with Crippen molar-refractivity contribution in [1.29, 1.82) is 5.26 Å². The number of nitrogen functional groups attached to an aromatic ring is 1. The van der Waals surface area contributed by atoms with Crippen LogP contribution in [-0.2, 0) is 0 Å². The van der Waals surface area contributed by atoms with Crippen LogP contribution in [0.3, 0.4) is 0 Å². The van der Waals surface area contributed by atoms with Gasteiger partial charge in [-0.2, -0.15) is 10.2 Å². The number of nitrogens with zero attached hydrogens (tertiary/aromatic N) is 4. The van der Waals surface area contributed by atoms with Gasteiger partial charge in [0, 0.05) is 0 Å². The fraction of sp³-hybridized carbons (Fsp3) is 0. The van der Waals surface area contributed by atoms with E-state index in [4.69, 9.17) is 11.0 Å². The van der Waals surface area contributed by atoms with Crippen molar-refractivity contribution in [3.05, 3.63) is 22.2 Å². The zero-order valence-corrected chi connectivity index (χ0v) is 6.85. The Morgan fingerprint density at radius 1 is 1.50 bits per heavy atom. The summed E-state index contributed by atoms with van der Waals surface area (Å²) in [5.74, 6) is -0.0264. The zero-order valence-electron chi connectivity index (χ0n) is 6.85. The SMILES string of the molecule is N#Cc1cnc2nc(N)[nH]c(=O)c2n1. The van der Waals surface area contributed by atoms with E-state index in [1.165, 1.54) is 6.20 Å². The van der Waals surface area contributed by atoms with Crippen molar-refractivity contribution in [1.82, 2.24) is 19.9 Å². The van der Waals surface area contributed by atoms with Crippen molar-refractivity contribution in [2.24, 2.45) is 0 Å². The Kier molecular flexibility index (Phi) is 1.61. The quantitative estimate of drug-likeness (QED) is 0.556. The van der Waals surface area contributed by atoms with Gasteiger partial charge < -0.3 is 5.73 Å². The molecule has 2 heterocycles. The van der Waals surface area contributed by atoms with E-state index in [0.717, 1.165) is 0 Å². The monoisotopic (exact) mass is 188 g/mol. The van der Waals surface area contributed by atoms with Gasteiger partial charge in [0.05, 0.1) is 6.20 Å². The molecule has 0 radical (unpaired) electrons. The Morgan fingerprint density at radius 2 is 2.29 bits per heavy atom. The highest BCUT2D eigenvalue weighted by Crippen LogP contribution is 2.01. The minimum atomic E-state index is -0.503. The van der Waals surface area contributed by atoms with E-state index in [-0.39, 0.29) is 22.8 Å². The summed E-state index contributed by atoms with van der Waals surface area (Å²) in [7, 11) is 0. The van der Waals surface area contributed by atoms with Crippen LogP contribution in [0.4, 0.5) is 5.95 Å². The van der Waals surface area contributed by atoms with E-state index in [1.54, 1.807) is 6.07 Å². The number of fused-ring (bicyclic) bond motifs is 1. The third-order valence-corrected chi connectivity index (χ3v) is 1.55. The molecule has 0 spiro atoms. The topological polar surface area (TPSA) is 121 Å². The summed E-state index contributed by atoms with van der Waals surface area (Å²) in [6.45, 7) is 0. The molecule has 0 saturated carbocycles. The van der Waals surface area contributed by atoms with Crippen molar-refractivity contribution in [3.8, 4) is 6.07 Å². The predicted octanol–water partition coefficient (Wildman–Crippen LogP) is -0.833. The Labute approximate surface area is 77.3 Å². The highest BCUT2D eigenvalue weighted by Gasteiger charge is 2.05. The first kappa shape index (κ1) is 8.12. The maximum Gasteiger partial charge on any atom is 0.280 e. The molecule has 0 unspecified atom stereocenters. The lowest BCUT2D eigenvalue weighted by Crippen LogP contribution is -2.13. The maximum atomic E-state index is 11.3. The first-order valence-electron chi connectivity index (χ1n) is 3.63. The molecule has 3 N–H and O–H groups in total. The van der Waals surface area contributed by atoms with Gasteiger partial charge in [-0.05, 0) is 0 Å². The van der Waals surface area contributed by atoms with Crippen molar-refractivity contribution in [3.63, 3.8) is 0 Å². The van der Waals surface area contributed by atoms with E-state index in [0.29, 0.717) is 0 Å². The average molecular weight is 188 g/mol. The first-order chi connectivity index (χ1) is 6.70. The molecule has 0 saturated heterocycles. The van der Waals surface area contributed by atoms with E-state index >= 15 is 0 Å². The van der Waals surface area contributed by atoms with Gasteiger partial charge in [-0.15, -0.1) is 0 Å². The summed E-state index contributed by atoms with van der Waals surface area (Å²) in [5, 5.41) is 8.53. The van der Waals surface area contributed by atoms with Crippen LogP contribution in [-0.4, -0.2) is 19.9 Å². The van der Waals surface area contributed by atoms with E-state index < -0.39 is 5.56 Å². The molecule has 0 aliphatic carbocycles. The largest absolute Gasteiger partial charge is 0.369 e. The molecule has 0 aliphatic rings. The van der Waals surface area contributed by atoms with E-state index in [9.17, 15) is 4.79 Å². The van der Waals surface area contributed by atoms with Crippen LogP contribution in [0.2, 0.25) is 0 Å². The second-order valence-corrected chi connectivity index (χ2v) is 2.49. The van der Waals surface area contributed by atoms with Crippen LogP contribution in [0.1, 0.15) is 5.69 Å². The fourth-order valence-corrected chi connectivity index (χ4v) is 0.988. The second-order valence-electron chi connectivity index (χ2n) is 2.49. The number of nitrogens with two attached hydrogens (primary N) is 1. The number of rotatable bonds is 0. The van der Waals surface area contributed by atoms with Crippen molar-refractivity contribution in [2.75, 3.05) is 5.73 Å². The number of H-pyrrole nitrogens is 1. The van der Waals surface area contributed by atoms with Gasteiger partial charge in [-0.25, -0.2) is 9.97 Å². The Bertz CT molecular complexity index is 595. The number of aromatic nitrogens is 4. The molecule has 0 amide bonds. The molecule has 0 aromatic carbocycles. The van der Waals surface area contributed by atoms with Gasteiger partial charge in [0.25, 0.3) is 5.56 Å². The maximum absolute atomic E-state index is 11.3. The number of aromatic amines is 1. The normalized spacial score (nSPS) is 9.93. The van der Waals surface area contributed by atoms with Gasteiger partial charge in [0.1, 0.15) is 6.07 Å². The van der Waals surface area contributed by atoms with Gasteiger partial charge in [-0.3, -0.25) is 9.78 Å². The highest BCUT2D eigenvalue weighted by molar-refractivity contribution is 5.69. The highest BCUT2D eigenvalue weighted by atomic mass is 16.1. The van der Waals surface area contributed by atoms with Gasteiger partial charge in [0.15, 0.2) is 16.9 Å². The molecule has 7 heteroatoms. The predicted molar refractivity (Wildman–Crippen MR) is 47.1 cm³/mol. The smallest absolute Gasteiger partial charge is 0.280 e. The molecular formula is C7H4N6O. The Morgan fingerprint density at radius 3 is 3.00 bits per heavy atom. The molecule has 2 aromatic rings. The van der Waals surface area contributed by atoms with Crippen LogP contribution < -0.4 is 11.3 Å². The minimum Gasteiger partial charge on any atom is -0.369 e. The lowest BCUT2D eigenvalue weighted by atomic mass is 10.4. The van der Waals surface area contributed by atoms with Crippen molar-refractivity contribution < 1.29 is 0 Å². The fourth-order valence-electron chi connectivity index (χ4n) is 0.988. The first-order valence-corrected chi connectivity index (χ1v) is 3.63. The number of hydrogen-bond donors (Lipinski definition) is 2. The number of anilines is 1. The molecule has 0 atom stereocenters. The molecule has 2 aromatic heterocycles. The molecule has 14 heavy (non-hydrogen) atoms. The average Bonchev–Trinajstić information content (AvgIpc) is 2.17. The number of nitriles is 1. The van der Waals surface area contributed by atoms with E-state index in [1.807, 2.05) is 0 Å². The van der Waals surface area contributed by atoms with Gasteiger partial charge >= 0.3 is 0 Å². The van der Waals surface area contributed by atoms with Gasteiger partial charge in [0.2, 0.25) is 5.95 Å². The lowest BCUT2D eigenvalue weighted by Gasteiger charge is -1.95. The standard InChI is InChI=1S/C7H4N6O/c8-1-3-2-10-5-4(11-3)6(14)13-7(9)12-5/h2H,(H3,9,10,12,13,14). The summed E-state index contributed by atoms with van der Waals surface area (Å²) in [6, 6.07) is 1.78. The summed E-state index contributed by atoms with van der Waals surface area (Å²) in [6.07, 6.45) is 1.23. The third-order valence-electron chi connectivity index (χ3n) is 1.55. The second kappa shape index (κ2) is 2.77. The van der Waals surface area contributed by atoms with E-state index in [2.05, 4.69) is 19.9 Å². The third kappa shape index (κ3) is 1.15. The summed E-state index contributed by atoms with van der Waals surface area (Å²) >= 11 is 0. The van der Waals surface area contributed by atoms with Gasteiger partial charge in [-0.1, -0.05) is 0 Å². The molecule has 0 aliphatic heterocycles. The van der Waals surface area contributed by atoms with Crippen LogP contribution >= 0.6 is 0 Å². The van der Waals surface area contributed by atoms with Crippen LogP contribution in [0.5, 0.6) is 0 Å². The molecule has 7 nitrogen and oxygen atoms in total. The van der Waals surface area contributed by atoms with Crippen LogP contribution in [0, 0.1) is 11.3 Å². The van der Waals surface area contributed by atoms with Crippen LogP contribution in [0.15, 0.2) is 11.0 Å². The Balaban J connectivity index is 2.91.